The minimum atomic E-state index is -0.470. The third-order valence-electron chi connectivity index (χ3n) is 4.91. The molecule has 0 aliphatic heterocycles. The van der Waals surface area contributed by atoms with Gasteiger partial charge in [0.05, 0.1) is 10.9 Å². The minimum absolute atomic E-state index is 0.233. The Kier molecular flexibility index (Phi) is 3.72. The Labute approximate surface area is 148 Å². The molecule has 1 N–H and O–H groups in total. The van der Waals surface area contributed by atoms with Crippen LogP contribution in [0.15, 0.2) is 40.1 Å². The van der Waals surface area contributed by atoms with Gasteiger partial charge in [0, 0.05) is 26.0 Å². The molecule has 0 saturated carbocycles. The maximum absolute atomic E-state index is 12.6. The van der Waals surface area contributed by atoms with Crippen molar-refractivity contribution in [1.82, 2.24) is 14.1 Å². The fourth-order valence-corrected chi connectivity index (χ4v) is 3.44. The lowest BCUT2D eigenvalue weighted by atomic mass is 10.1. The van der Waals surface area contributed by atoms with E-state index in [0.717, 1.165) is 29.5 Å². The van der Waals surface area contributed by atoms with E-state index in [2.05, 4.69) is 10.3 Å². The van der Waals surface area contributed by atoms with Gasteiger partial charge in [0.25, 0.3) is 11.5 Å². The van der Waals surface area contributed by atoms with Crippen LogP contribution in [0.4, 0.5) is 5.69 Å². The molecule has 2 aromatic heterocycles. The van der Waals surface area contributed by atoms with Crippen LogP contribution < -0.4 is 16.6 Å². The van der Waals surface area contributed by atoms with Crippen LogP contribution in [0, 0.1) is 0 Å². The van der Waals surface area contributed by atoms with Crippen molar-refractivity contribution in [2.75, 3.05) is 5.32 Å². The standard InChI is InChI=1S/C19H18N4O3/c1-22-16-15(18(25)23(2)19(22)26)9-13(10-20-16)17(24)21-14-7-6-11-4-3-5-12(11)8-14/h6-10H,3-5H2,1-2H3,(H,21,24). The van der Waals surface area contributed by atoms with Crippen molar-refractivity contribution in [3.05, 3.63) is 68.0 Å². The third-order valence-corrected chi connectivity index (χ3v) is 4.91. The monoisotopic (exact) mass is 350 g/mol. The van der Waals surface area contributed by atoms with E-state index in [-0.39, 0.29) is 22.5 Å². The Morgan fingerprint density at radius 1 is 1.08 bits per heavy atom. The number of aryl methyl sites for hydroxylation is 3. The molecule has 0 fully saturated rings. The van der Waals surface area contributed by atoms with E-state index in [1.165, 1.54) is 35.0 Å². The number of nitrogens with zero attached hydrogens (tertiary/aromatic N) is 3. The smallest absolute Gasteiger partial charge is 0.322 e. The molecular weight excluding hydrogens is 332 g/mol. The molecule has 1 amide bonds. The van der Waals surface area contributed by atoms with Crippen LogP contribution in [-0.2, 0) is 26.9 Å². The Bertz CT molecular complexity index is 1170. The predicted molar refractivity (Wildman–Crippen MR) is 98.6 cm³/mol. The molecule has 0 atom stereocenters. The molecule has 26 heavy (non-hydrogen) atoms. The van der Waals surface area contributed by atoms with Gasteiger partial charge < -0.3 is 5.32 Å². The van der Waals surface area contributed by atoms with Crippen molar-refractivity contribution in [1.29, 1.82) is 0 Å². The van der Waals surface area contributed by atoms with Crippen LogP contribution in [-0.4, -0.2) is 20.0 Å². The fourth-order valence-electron chi connectivity index (χ4n) is 3.44. The summed E-state index contributed by atoms with van der Waals surface area (Å²) in [6.07, 6.45) is 4.63. The van der Waals surface area contributed by atoms with Crippen molar-refractivity contribution in [3.63, 3.8) is 0 Å². The first-order valence-corrected chi connectivity index (χ1v) is 8.44. The molecule has 1 aliphatic rings. The van der Waals surface area contributed by atoms with Gasteiger partial charge in [0.15, 0.2) is 0 Å². The first kappa shape index (κ1) is 16.3. The van der Waals surface area contributed by atoms with Crippen molar-refractivity contribution in [3.8, 4) is 0 Å². The number of pyridine rings is 1. The maximum atomic E-state index is 12.6. The number of hydrogen-bond acceptors (Lipinski definition) is 4. The van der Waals surface area contributed by atoms with E-state index < -0.39 is 11.2 Å². The molecule has 0 radical (unpaired) electrons. The number of amides is 1. The number of carbonyl (C=O) groups is 1. The number of fused-ring (bicyclic) bond motifs is 2. The SMILES string of the molecule is Cn1c(=O)c2cc(C(=O)Nc3ccc4c(c3)CCC4)cnc2n(C)c1=O. The lowest BCUT2D eigenvalue weighted by molar-refractivity contribution is 0.102. The molecular formula is C19H18N4O3. The van der Waals surface area contributed by atoms with Gasteiger partial charge in [-0.2, -0.15) is 0 Å². The lowest BCUT2D eigenvalue weighted by Gasteiger charge is -2.09. The number of anilines is 1. The minimum Gasteiger partial charge on any atom is -0.322 e. The van der Waals surface area contributed by atoms with Gasteiger partial charge in [0.2, 0.25) is 0 Å². The van der Waals surface area contributed by atoms with E-state index in [9.17, 15) is 14.4 Å². The Balaban J connectivity index is 1.71. The van der Waals surface area contributed by atoms with Crippen LogP contribution in [0.2, 0.25) is 0 Å². The van der Waals surface area contributed by atoms with Gasteiger partial charge in [-0.3, -0.25) is 18.7 Å². The average molecular weight is 350 g/mol. The molecule has 0 bridgehead atoms. The van der Waals surface area contributed by atoms with Crippen LogP contribution in [0.25, 0.3) is 11.0 Å². The Hall–Kier alpha value is -3.22. The van der Waals surface area contributed by atoms with Crippen LogP contribution in [0.5, 0.6) is 0 Å². The summed E-state index contributed by atoms with van der Waals surface area (Å²) in [5, 5.41) is 3.09. The summed E-state index contributed by atoms with van der Waals surface area (Å²) < 4.78 is 2.30. The summed E-state index contributed by atoms with van der Waals surface area (Å²) in [6, 6.07) is 7.41. The zero-order chi connectivity index (χ0) is 18.4. The summed E-state index contributed by atoms with van der Waals surface area (Å²) in [6.45, 7) is 0. The first-order valence-electron chi connectivity index (χ1n) is 8.44. The van der Waals surface area contributed by atoms with Crippen LogP contribution in [0.1, 0.15) is 27.9 Å². The molecule has 7 nitrogen and oxygen atoms in total. The van der Waals surface area contributed by atoms with E-state index in [1.807, 2.05) is 18.2 Å². The maximum Gasteiger partial charge on any atom is 0.332 e. The van der Waals surface area contributed by atoms with E-state index in [1.54, 1.807) is 7.05 Å². The Morgan fingerprint density at radius 2 is 1.85 bits per heavy atom. The predicted octanol–water partition coefficient (Wildman–Crippen LogP) is 1.37. The third kappa shape index (κ3) is 2.52. The Morgan fingerprint density at radius 3 is 2.65 bits per heavy atom. The normalized spacial score (nSPS) is 13.0. The van der Waals surface area contributed by atoms with Gasteiger partial charge in [-0.15, -0.1) is 0 Å². The molecule has 0 spiro atoms. The largest absolute Gasteiger partial charge is 0.332 e. The van der Waals surface area contributed by atoms with Gasteiger partial charge in [-0.05, 0) is 48.6 Å². The first-order chi connectivity index (χ1) is 12.5. The number of rotatable bonds is 2. The topological polar surface area (TPSA) is 86.0 Å². The van der Waals surface area contributed by atoms with Crippen molar-refractivity contribution in [2.45, 2.75) is 19.3 Å². The van der Waals surface area contributed by atoms with Crippen molar-refractivity contribution < 1.29 is 4.79 Å². The summed E-state index contributed by atoms with van der Waals surface area (Å²) in [5.74, 6) is -0.340. The highest BCUT2D eigenvalue weighted by atomic mass is 16.2. The number of aromatic nitrogens is 3. The molecule has 132 valence electrons. The highest BCUT2D eigenvalue weighted by molar-refractivity contribution is 6.05. The van der Waals surface area contributed by atoms with E-state index in [0.29, 0.717) is 0 Å². The summed E-state index contributed by atoms with van der Waals surface area (Å²) in [4.78, 5) is 41.0. The molecule has 7 heteroatoms. The quantitative estimate of drug-likeness (QED) is 0.756. The molecule has 2 heterocycles. The van der Waals surface area contributed by atoms with Gasteiger partial charge >= 0.3 is 5.69 Å². The van der Waals surface area contributed by atoms with E-state index >= 15 is 0 Å². The van der Waals surface area contributed by atoms with Crippen molar-refractivity contribution >= 4 is 22.6 Å². The highest BCUT2D eigenvalue weighted by Crippen LogP contribution is 2.25. The zero-order valence-corrected chi connectivity index (χ0v) is 14.6. The molecule has 0 saturated heterocycles. The second-order valence-corrected chi connectivity index (χ2v) is 6.59. The second kappa shape index (κ2) is 5.94. The molecule has 3 aromatic rings. The number of nitrogens with one attached hydrogen (secondary N) is 1. The lowest BCUT2D eigenvalue weighted by Crippen LogP contribution is -2.37. The van der Waals surface area contributed by atoms with Crippen LogP contribution in [0.3, 0.4) is 0 Å². The molecule has 4 rings (SSSR count). The van der Waals surface area contributed by atoms with Gasteiger partial charge in [0.1, 0.15) is 5.65 Å². The van der Waals surface area contributed by atoms with Crippen molar-refractivity contribution in [2.24, 2.45) is 14.1 Å². The zero-order valence-electron chi connectivity index (χ0n) is 14.6. The van der Waals surface area contributed by atoms with E-state index in [4.69, 9.17) is 0 Å². The number of carbonyl (C=O) groups excluding carboxylic acids is 1. The summed E-state index contributed by atoms with van der Waals surface area (Å²) >= 11 is 0. The fraction of sp³-hybridized carbons (Fsp3) is 0.263. The van der Waals surface area contributed by atoms with Gasteiger partial charge in [-0.1, -0.05) is 6.07 Å². The summed E-state index contributed by atoms with van der Waals surface area (Å²) in [5.41, 5.74) is 2.93. The molecule has 1 aliphatic carbocycles. The number of benzene rings is 1. The molecule has 1 aromatic carbocycles. The second-order valence-electron chi connectivity index (χ2n) is 6.59. The van der Waals surface area contributed by atoms with Crippen LogP contribution >= 0.6 is 0 Å². The average Bonchev–Trinajstić information content (AvgIpc) is 3.12. The molecule has 0 unspecified atom stereocenters. The van der Waals surface area contributed by atoms with Gasteiger partial charge in [-0.25, -0.2) is 9.78 Å². The highest BCUT2D eigenvalue weighted by Gasteiger charge is 2.15. The number of hydrogen-bond donors (Lipinski definition) is 1. The summed E-state index contributed by atoms with van der Waals surface area (Å²) in [7, 11) is 2.95.